The van der Waals surface area contributed by atoms with E-state index in [9.17, 15) is 0 Å². The number of benzene rings is 1. The van der Waals surface area contributed by atoms with E-state index in [1.54, 1.807) is 12.4 Å². The summed E-state index contributed by atoms with van der Waals surface area (Å²) >= 11 is 1.51. The van der Waals surface area contributed by atoms with E-state index in [2.05, 4.69) is 9.97 Å². The average molecular weight is 232 g/mol. The molecule has 1 N–H and O–H groups in total. The Morgan fingerprint density at radius 1 is 1.12 bits per heavy atom. The summed E-state index contributed by atoms with van der Waals surface area (Å²) in [5.41, 5.74) is 1.97. The smallest absolute Gasteiger partial charge is 0.192 e. The maximum absolute atomic E-state index is 8.92. The van der Waals surface area contributed by atoms with Crippen molar-refractivity contribution >= 4 is 11.8 Å². The number of aliphatic hydroxyl groups excluding tert-OH is 1. The fraction of sp³-hybridized carbons (Fsp3) is 0.167. The van der Waals surface area contributed by atoms with Gasteiger partial charge in [0, 0.05) is 17.3 Å². The normalized spacial score (nSPS) is 10.4. The van der Waals surface area contributed by atoms with E-state index >= 15 is 0 Å². The van der Waals surface area contributed by atoms with Crippen LogP contribution in [0.15, 0.2) is 46.7 Å². The Balaban J connectivity index is 2.11. The van der Waals surface area contributed by atoms with E-state index in [0.717, 1.165) is 21.2 Å². The molecular formula is C12H12N2OS. The summed E-state index contributed by atoms with van der Waals surface area (Å²) in [6.45, 7) is 2.04. The summed E-state index contributed by atoms with van der Waals surface area (Å²) in [5, 5.41) is 9.66. The van der Waals surface area contributed by atoms with Gasteiger partial charge in [-0.3, -0.25) is 0 Å². The summed E-state index contributed by atoms with van der Waals surface area (Å²) in [4.78, 5) is 9.51. The average Bonchev–Trinajstić information content (AvgIpc) is 2.33. The van der Waals surface area contributed by atoms with Gasteiger partial charge in [0.2, 0.25) is 0 Å². The van der Waals surface area contributed by atoms with Gasteiger partial charge in [-0.2, -0.15) is 0 Å². The van der Waals surface area contributed by atoms with Crippen molar-refractivity contribution in [2.75, 3.05) is 0 Å². The highest BCUT2D eigenvalue weighted by Gasteiger charge is 1.99. The van der Waals surface area contributed by atoms with Crippen LogP contribution < -0.4 is 0 Å². The zero-order chi connectivity index (χ0) is 11.4. The van der Waals surface area contributed by atoms with Crippen LogP contribution in [0.4, 0.5) is 0 Å². The molecule has 16 heavy (non-hydrogen) atoms. The molecule has 0 unspecified atom stereocenters. The summed E-state index contributed by atoms with van der Waals surface area (Å²) in [5.74, 6) is 0. The Morgan fingerprint density at radius 2 is 1.75 bits per heavy atom. The largest absolute Gasteiger partial charge is 0.392 e. The number of rotatable bonds is 3. The number of hydrogen-bond donors (Lipinski definition) is 1. The predicted molar refractivity (Wildman–Crippen MR) is 63.3 cm³/mol. The number of aryl methyl sites for hydroxylation is 1. The van der Waals surface area contributed by atoms with E-state index in [4.69, 9.17) is 5.11 Å². The van der Waals surface area contributed by atoms with Crippen molar-refractivity contribution in [2.45, 2.75) is 23.6 Å². The monoisotopic (exact) mass is 232 g/mol. The topological polar surface area (TPSA) is 46.0 Å². The highest BCUT2D eigenvalue weighted by atomic mass is 32.2. The van der Waals surface area contributed by atoms with Gasteiger partial charge in [-0.1, -0.05) is 12.1 Å². The Morgan fingerprint density at radius 3 is 2.31 bits per heavy atom. The van der Waals surface area contributed by atoms with Gasteiger partial charge in [-0.15, -0.1) is 0 Å². The van der Waals surface area contributed by atoms with Crippen molar-refractivity contribution in [2.24, 2.45) is 0 Å². The van der Waals surface area contributed by atoms with E-state index < -0.39 is 0 Å². The maximum Gasteiger partial charge on any atom is 0.192 e. The Hall–Kier alpha value is -1.39. The van der Waals surface area contributed by atoms with Crippen molar-refractivity contribution in [1.29, 1.82) is 0 Å². The van der Waals surface area contributed by atoms with Gasteiger partial charge in [0.15, 0.2) is 5.16 Å². The number of hydrogen-bond acceptors (Lipinski definition) is 4. The molecule has 0 saturated heterocycles. The third kappa shape index (κ3) is 2.81. The standard InChI is InChI=1S/C12H12N2OS/c1-9-6-13-12(14-7-9)16-11-4-2-10(8-15)3-5-11/h2-7,15H,8H2,1H3. The molecule has 0 radical (unpaired) electrons. The molecule has 0 fully saturated rings. The Bertz CT molecular complexity index is 453. The van der Waals surface area contributed by atoms with Crippen LogP contribution in [0.1, 0.15) is 11.1 Å². The molecule has 82 valence electrons. The second-order valence-corrected chi connectivity index (χ2v) is 4.49. The van der Waals surface area contributed by atoms with Gasteiger partial charge in [0.05, 0.1) is 6.61 Å². The molecule has 0 bridgehead atoms. The lowest BCUT2D eigenvalue weighted by Gasteiger charge is -2.01. The van der Waals surface area contributed by atoms with Crippen LogP contribution in [0.5, 0.6) is 0 Å². The summed E-state index contributed by atoms with van der Waals surface area (Å²) in [6.07, 6.45) is 3.61. The number of nitrogens with zero attached hydrogens (tertiary/aromatic N) is 2. The first-order valence-electron chi connectivity index (χ1n) is 4.94. The van der Waals surface area contributed by atoms with Crippen molar-refractivity contribution in [1.82, 2.24) is 9.97 Å². The zero-order valence-electron chi connectivity index (χ0n) is 8.92. The van der Waals surface area contributed by atoms with Gasteiger partial charge >= 0.3 is 0 Å². The van der Waals surface area contributed by atoms with Crippen LogP contribution in [-0.2, 0) is 6.61 Å². The molecule has 1 aromatic carbocycles. The first-order chi connectivity index (χ1) is 7.78. The van der Waals surface area contributed by atoms with Gasteiger partial charge in [-0.25, -0.2) is 9.97 Å². The van der Waals surface area contributed by atoms with Crippen LogP contribution >= 0.6 is 11.8 Å². The minimum atomic E-state index is 0.0754. The molecule has 1 heterocycles. The van der Waals surface area contributed by atoms with Gasteiger partial charge in [0.1, 0.15) is 0 Å². The number of aromatic nitrogens is 2. The molecule has 2 aromatic rings. The van der Waals surface area contributed by atoms with Crippen LogP contribution in [0, 0.1) is 6.92 Å². The molecule has 0 spiro atoms. The van der Waals surface area contributed by atoms with Crippen molar-refractivity contribution in [3.05, 3.63) is 47.8 Å². The van der Waals surface area contributed by atoms with Crippen LogP contribution in [0.25, 0.3) is 0 Å². The second-order valence-electron chi connectivity index (χ2n) is 3.45. The minimum Gasteiger partial charge on any atom is -0.392 e. The van der Waals surface area contributed by atoms with Crippen molar-refractivity contribution < 1.29 is 5.11 Å². The third-order valence-electron chi connectivity index (χ3n) is 2.07. The molecule has 2 rings (SSSR count). The summed E-state index contributed by atoms with van der Waals surface area (Å²) in [7, 11) is 0. The zero-order valence-corrected chi connectivity index (χ0v) is 9.74. The van der Waals surface area contributed by atoms with Crippen molar-refractivity contribution in [3.63, 3.8) is 0 Å². The highest BCUT2D eigenvalue weighted by Crippen LogP contribution is 2.24. The first-order valence-corrected chi connectivity index (χ1v) is 5.76. The fourth-order valence-electron chi connectivity index (χ4n) is 1.20. The Labute approximate surface area is 98.6 Å². The maximum atomic E-state index is 8.92. The lowest BCUT2D eigenvalue weighted by Crippen LogP contribution is -1.87. The second kappa shape index (κ2) is 5.09. The van der Waals surface area contributed by atoms with E-state index in [-0.39, 0.29) is 6.61 Å². The lowest BCUT2D eigenvalue weighted by molar-refractivity contribution is 0.282. The quantitative estimate of drug-likeness (QED) is 0.826. The predicted octanol–water partition coefficient (Wildman–Crippen LogP) is 2.43. The Kier molecular flexibility index (Phi) is 3.54. The molecule has 3 nitrogen and oxygen atoms in total. The highest BCUT2D eigenvalue weighted by molar-refractivity contribution is 7.99. The molecule has 4 heteroatoms. The van der Waals surface area contributed by atoms with Crippen molar-refractivity contribution in [3.8, 4) is 0 Å². The molecule has 0 amide bonds. The van der Waals surface area contributed by atoms with E-state index in [1.807, 2.05) is 31.2 Å². The SMILES string of the molecule is Cc1cnc(Sc2ccc(CO)cc2)nc1. The lowest BCUT2D eigenvalue weighted by atomic mass is 10.2. The van der Waals surface area contributed by atoms with E-state index in [0.29, 0.717) is 0 Å². The molecule has 0 saturated carbocycles. The van der Waals surface area contributed by atoms with Gasteiger partial charge in [-0.05, 0) is 41.9 Å². The summed E-state index contributed by atoms with van der Waals surface area (Å²) in [6, 6.07) is 7.71. The fourth-order valence-corrected chi connectivity index (χ4v) is 1.90. The number of aliphatic hydroxyl groups is 1. The van der Waals surface area contributed by atoms with Crippen LogP contribution in [0.3, 0.4) is 0 Å². The van der Waals surface area contributed by atoms with Crippen LogP contribution in [-0.4, -0.2) is 15.1 Å². The summed E-state index contributed by atoms with van der Waals surface area (Å²) < 4.78 is 0. The van der Waals surface area contributed by atoms with Crippen LogP contribution in [0.2, 0.25) is 0 Å². The third-order valence-corrected chi connectivity index (χ3v) is 2.97. The van der Waals surface area contributed by atoms with E-state index in [1.165, 1.54) is 11.8 Å². The van der Waals surface area contributed by atoms with Gasteiger partial charge < -0.3 is 5.11 Å². The first kappa shape index (κ1) is 11.1. The molecule has 0 aliphatic carbocycles. The minimum absolute atomic E-state index is 0.0754. The molecule has 0 aliphatic rings. The van der Waals surface area contributed by atoms with Gasteiger partial charge in [0.25, 0.3) is 0 Å². The molecule has 0 atom stereocenters. The molecular weight excluding hydrogens is 220 g/mol. The molecule has 1 aromatic heterocycles. The molecule has 0 aliphatic heterocycles.